The zero-order chi connectivity index (χ0) is 23.7. The van der Waals surface area contributed by atoms with E-state index in [1.165, 1.54) is 52.5 Å². The third kappa shape index (κ3) is 4.93. The summed E-state index contributed by atoms with van der Waals surface area (Å²) in [5.74, 6) is -2.59. The van der Waals surface area contributed by atoms with E-state index >= 15 is 0 Å². The Hall–Kier alpha value is -2.59. The van der Waals surface area contributed by atoms with Crippen LogP contribution < -0.4 is 40.0 Å². The molecule has 0 aliphatic carbocycles. The van der Waals surface area contributed by atoms with Gasteiger partial charge in [-0.1, -0.05) is 29.1 Å². The number of phenolic OH excluding ortho intramolecular Hbond substituents is 1. The quantitative estimate of drug-likeness (QED) is 0.0806. The number of aliphatic carboxylic acids is 1. The van der Waals surface area contributed by atoms with Gasteiger partial charge in [0, 0.05) is 24.1 Å². The summed E-state index contributed by atoms with van der Waals surface area (Å²) >= 11 is 2.50. The van der Waals surface area contributed by atoms with Gasteiger partial charge < -0.3 is 25.5 Å². The number of carbonyl (C=O) groups excluding carboxylic acids is 3. The summed E-state index contributed by atoms with van der Waals surface area (Å²) in [6.07, 6.45) is 0. The van der Waals surface area contributed by atoms with Crippen molar-refractivity contribution in [3.05, 3.63) is 41.1 Å². The average Bonchev–Trinajstić information content (AvgIpc) is 3.20. The number of hydrogen-bond donors (Lipinski definition) is 3. The number of hydrogen-bond acceptors (Lipinski definition) is 12. The van der Waals surface area contributed by atoms with E-state index in [1.807, 2.05) is 0 Å². The first-order valence-corrected chi connectivity index (χ1v) is 11.4. The monoisotopic (exact) mass is 513 g/mol. The van der Waals surface area contributed by atoms with Crippen molar-refractivity contribution >= 4 is 47.0 Å². The van der Waals surface area contributed by atoms with Crippen LogP contribution in [0.2, 0.25) is 0 Å². The Morgan fingerprint density at radius 1 is 1.41 bits per heavy atom. The van der Waals surface area contributed by atoms with Crippen molar-refractivity contribution in [3.63, 3.8) is 0 Å². The SMILES string of the molecule is Cn1nnnc1SCC1=C(C(=O)[O-])N2C(=O)C(NC(=O)C(=NO)c3cccc(O)c3)[C@H]2SC1.[Na+]. The van der Waals surface area contributed by atoms with Crippen LogP contribution in [0.15, 0.2) is 45.8 Å². The first-order chi connectivity index (χ1) is 15.8. The van der Waals surface area contributed by atoms with Gasteiger partial charge in [-0.05, 0) is 28.1 Å². The minimum Gasteiger partial charge on any atom is -0.543 e. The molecule has 2 amide bonds. The maximum absolute atomic E-state index is 12.8. The van der Waals surface area contributed by atoms with Crippen LogP contribution in [0.25, 0.3) is 0 Å². The van der Waals surface area contributed by atoms with E-state index < -0.39 is 34.9 Å². The molecular weight excluding hydrogens is 497 g/mol. The number of nitrogens with zero attached hydrogens (tertiary/aromatic N) is 6. The van der Waals surface area contributed by atoms with Gasteiger partial charge in [0.15, 0.2) is 5.71 Å². The van der Waals surface area contributed by atoms with Crippen LogP contribution in [0, 0.1) is 0 Å². The predicted molar refractivity (Wildman–Crippen MR) is 113 cm³/mol. The Labute approximate surface area is 222 Å². The van der Waals surface area contributed by atoms with Gasteiger partial charge in [0.2, 0.25) is 5.16 Å². The van der Waals surface area contributed by atoms with Crippen LogP contribution in [-0.2, 0) is 21.4 Å². The number of thioether (sulfide) groups is 2. The number of amides is 2. The van der Waals surface area contributed by atoms with Gasteiger partial charge in [-0.25, -0.2) is 4.68 Å². The summed E-state index contributed by atoms with van der Waals surface area (Å²) in [5.41, 5.74) is -0.0218. The molecule has 3 N–H and O–H groups in total. The summed E-state index contributed by atoms with van der Waals surface area (Å²) in [6.45, 7) is 0. The molecule has 2 aliphatic rings. The number of aromatic hydroxyl groups is 1. The first-order valence-electron chi connectivity index (χ1n) is 9.37. The molecule has 2 aliphatic heterocycles. The average molecular weight is 513 g/mol. The molecule has 1 aromatic heterocycles. The van der Waals surface area contributed by atoms with Crippen molar-refractivity contribution in [2.45, 2.75) is 16.6 Å². The maximum atomic E-state index is 12.8. The van der Waals surface area contributed by atoms with Gasteiger partial charge in [-0.3, -0.25) is 14.5 Å². The maximum Gasteiger partial charge on any atom is 1.00 e. The summed E-state index contributed by atoms with van der Waals surface area (Å²) in [4.78, 5) is 38.3. The molecule has 2 aromatic rings. The predicted octanol–water partition coefficient (Wildman–Crippen LogP) is -4.71. The molecule has 1 aromatic carbocycles. The summed E-state index contributed by atoms with van der Waals surface area (Å²) in [5, 5.41) is 47.0. The van der Waals surface area contributed by atoms with Gasteiger partial charge >= 0.3 is 29.6 Å². The topological polar surface area (TPSA) is 186 Å². The van der Waals surface area contributed by atoms with Crippen LogP contribution in [0.4, 0.5) is 0 Å². The zero-order valence-corrected chi connectivity index (χ0v) is 21.5. The zero-order valence-electron chi connectivity index (χ0n) is 17.9. The second kappa shape index (κ2) is 10.8. The number of aryl methyl sites for hydroxylation is 1. The molecule has 4 rings (SSSR count). The van der Waals surface area contributed by atoms with Crippen LogP contribution in [0.3, 0.4) is 0 Å². The number of carboxylic acid groups (broad SMARTS) is 1. The number of rotatable bonds is 7. The second-order valence-corrected chi connectivity index (χ2v) is 9.02. The Morgan fingerprint density at radius 2 is 2.18 bits per heavy atom. The number of nitrogens with one attached hydrogen (secondary N) is 1. The smallest absolute Gasteiger partial charge is 0.543 e. The third-order valence-corrected chi connectivity index (χ3v) is 7.36. The third-order valence-electron chi connectivity index (χ3n) is 4.92. The molecule has 13 nitrogen and oxygen atoms in total. The van der Waals surface area contributed by atoms with Crippen molar-refractivity contribution in [1.82, 2.24) is 30.4 Å². The molecule has 1 unspecified atom stereocenters. The number of benzene rings is 1. The fourth-order valence-electron chi connectivity index (χ4n) is 3.37. The van der Waals surface area contributed by atoms with E-state index in [0.29, 0.717) is 10.7 Å². The van der Waals surface area contributed by atoms with E-state index in [-0.39, 0.29) is 58.1 Å². The van der Waals surface area contributed by atoms with Crippen LogP contribution in [0.5, 0.6) is 5.75 Å². The number of tetrazole rings is 1. The molecule has 0 spiro atoms. The van der Waals surface area contributed by atoms with Gasteiger partial charge in [0.25, 0.3) is 11.8 Å². The molecule has 0 saturated carbocycles. The Balaban J connectivity index is 0.00000324. The van der Waals surface area contributed by atoms with Crippen molar-refractivity contribution < 1.29 is 59.4 Å². The number of fused-ring (bicyclic) bond motifs is 1. The summed E-state index contributed by atoms with van der Waals surface area (Å²) in [7, 11) is 1.65. The molecule has 0 bridgehead atoms. The van der Waals surface area contributed by atoms with Crippen molar-refractivity contribution in [1.29, 1.82) is 0 Å². The van der Waals surface area contributed by atoms with Gasteiger partial charge in [-0.2, -0.15) is 0 Å². The Bertz CT molecular complexity index is 1200. The Morgan fingerprint density at radius 3 is 2.79 bits per heavy atom. The minimum absolute atomic E-state index is 0. The van der Waals surface area contributed by atoms with E-state index in [4.69, 9.17) is 0 Å². The van der Waals surface area contributed by atoms with Crippen LogP contribution in [-0.4, -0.2) is 81.8 Å². The number of oxime groups is 1. The first kappa shape index (κ1) is 26.0. The number of carboxylic acids is 1. The van der Waals surface area contributed by atoms with E-state index in [0.717, 1.165) is 4.90 Å². The molecule has 0 radical (unpaired) electrons. The van der Waals surface area contributed by atoms with E-state index in [1.54, 1.807) is 7.05 Å². The number of β-lactam (4-membered cyclic amide) rings is 1. The second-order valence-electron chi connectivity index (χ2n) is 6.97. The fourth-order valence-corrected chi connectivity index (χ4v) is 5.71. The number of carbonyl (C=O) groups is 3. The Kier molecular flexibility index (Phi) is 8.25. The minimum atomic E-state index is -1.50. The molecule has 1 saturated heterocycles. The largest absolute Gasteiger partial charge is 1.00 e. The molecule has 3 heterocycles. The molecule has 172 valence electrons. The summed E-state index contributed by atoms with van der Waals surface area (Å²) in [6, 6.07) is 4.50. The van der Waals surface area contributed by atoms with Gasteiger partial charge in [0.05, 0.1) is 11.7 Å². The number of phenols is 1. The van der Waals surface area contributed by atoms with Crippen molar-refractivity contribution in [2.24, 2.45) is 12.2 Å². The normalized spacial score (nSPS) is 19.7. The van der Waals surface area contributed by atoms with Crippen LogP contribution >= 0.6 is 23.5 Å². The molecule has 16 heteroatoms. The van der Waals surface area contributed by atoms with Crippen molar-refractivity contribution in [2.75, 3.05) is 11.5 Å². The van der Waals surface area contributed by atoms with Gasteiger partial charge in [-0.15, -0.1) is 16.9 Å². The van der Waals surface area contributed by atoms with Gasteiger partial charge in [0.1, 0.15) is 17.2 Å². The molecule has 1 fully saturated rings. The fraction of sp³-hybridized carbons (Fsp3) is 0.278. The molecular formula is C18H16N7NaO6S2. The molecule has 2 atom stereocenters. The van der Waals surface area contributed by atoms with Crippen molar-refractivity contribution in [3.8, 4) is 5.75 Å². The van der Waals surface area contributed by atoms with E-state index in [2.05, 4.69) is 26.0 Å². The molecule has 34 heavy (non-hydrogen) atoms. The summed E-state index contributed by atoms with van der Waals surface area (Å²) < 4.78 is 1.44. The van der Waals surface area contributed by atoms with E-state index in [9.17, 15) is 29.8 Å². The number of aromatic nitrogens is 4. The standard InChI is InChI=1S/C18H17N7O6S2.Na/c1-24-18(20-22-23-24)33-7-9-6-32-16-12(15(28)25(16)13(9)17(29)30)19-14(27)11(21-31)8-3-2-4-10(26)5-8;/h2-5,12,16,26,31H,6-7H2,1H3,(H,19,27)(H,29,30);/q;+1/p-1/t12?,16-;/m1./s1. The van der Waals surface area contributed by atoms with Crippen LogP contribution in [0.1, 0.15) is 5.56 Å².